The third kappa shape index (κ3) is 6.84. The Bertz CT molecular complexity index is 1510. The monoisotopic (exact) mass is 582 g/mol. The van der Waals surface area contributed by atoms with Crippen LogP contribution in [0.1, 0.15) is 47.3 Å². The lowest BCUT2D eigenvalue weighted by atomic mass is 10.1. The van der Waals surface area contributed by atoms with E-state index in [0.29, 0.717) is 54.5 Å². The largest absolute Gasteiger partial charge is 0.494 e. The average molecular weight is 583 g/mol. The van der Waals surface area contributed by atoms with E-state index in [2.05, 4.69) is 15.4 Å². The van der Waals surface area contributed by atoms with Gasteiger partial charge < -0.3 is 28.8 Å². The maximum absolute atomic E-state index is 13.3. The van der Waals surface area contributed by atoms with Crippen LogP contribution in [0.3, 0.4) is 0 Å². The molecule has 12 nitrogen and oxygen atoms in total. The number of aromatic nitrogens is 4. The molecule has 0 spiro atoms. The Morgan fingerprint density at radius 2 is 1.76 bits per heavy atom. The molecule has 4 rings (SSSR count). The molecule has 0 fully saturated rings. The van der Waals surface area contributed by atoms with Crippen LogP contribution in [-0.2, 0) is 22.1 Å². The van der Waals surface area contributed by atoms with Gasteiger partial charge in [-0.1, -0.05) is 0 Å². The summed E-state index contributed by atoms with van der Waals surface area (Å²) in [6, 6.07) is 12.4. The molecule has 13 heteroatoms. The van der Waals surface area contributed by atoms with Crippen molar-refractivity contribution in [3.63, 3.8) is 0 Å². The normalized spacial score (nSPS) is 11.3. The van der Waals surface area contributed by atoms with Gasteiger partial charge in [-0.25, -0.2) is 4.98 Å². The summed E-state index contributed by atoms with van der Waals surface area (Å²) in [5, 5.41) is 8.21. The fourth-order valence-electron chi connectivity index (χ4n) is 4.32. The number of carbonyl (C=O) groups is 2. The highest BCUT2D eigenvalue weighted by molar-refractivity contribution is 7.56. The SMILES string of the molecule is CCOP(OCC)c1ccc(OCCn2c(NC(=O)c3cc(C)nn3CC)nc3cc(C(N)=O)cc(OC)c32)cc1. The highest BCUT2D eigenvalue weighted by Gasteiger charge is 2.22. The Morgan fingerprint density at radius 3 is 2.37 bits per heavy atom. The second kappa shape index (κ2) is 13.6. The topological polar surface area (TPSA) is 145 Å². The Morgan fingerprint density at radius 1 is 1.05 bits per heavy atom. The van der Waals surface area contributed by atoms with Crippen molar-refractivity contribution in [3.05, 3.63) is 59.4 Å². The van der Waals surface area contributed by atoms with E-state index in [4.69, 9.17) is 24.3 Å². The van der Waals surface area contributed by atoms with E-state index in [1.807, 2.05) is 52.0 Å². The fraction of sp³-hybridized carbons (Fsp3) is 0.357. The van der Waals surface area contributed by atoms with Crippen LogP contribution in [0, 0.1) is 6.92 Å². The molecule has 2 aromatic carbocycles. The standard InChI is InChI=1S/C28H35N6O6P/c1-6-34-23(15-18(4)32-34)27(36)31-28-30-22-16-19(26(29)35)17-24(37-5)25(22)33(28)13-14-38-20-9-11-21(12-10-20)41(39-7-2)40-8-3/h9-12,15-17H,6-8,13-14H2,1-5H3,(H2,29,35)(H,30,31,36). The number of nitrogens with zero attached hydrogens (tertiary/aromatic N) is 4. The number of methoxy groups -OCH3 is 1. The van der Waals surface area contributed by atoms with E-state index in [1.54, 1.807) is 27.4 Å². The van der Waals surface area contributed by atoms with Crippen molar-refractivity contribution in [2.75, 3.05) is 32.2 Å². The molecule has 0 radical (unpaired) electrons. The van der Waals surface area contributed by atoms with E-state index >= 15 is 0 Å². The molecule has 2 heterocycles. The fourth-order valence-corrected chi connectivity index (χ4v) is 5.55. The zero-order valence-electron chi connectivity index (χ0n) is 23.8. The summed E-state index contributed by atoms with van der Waals surface area (Å²) in [6.07, 6.45) is 0. The maximum Gasteiger partial charge on any atom is 0.276 e. The number of hydrogen-bond acceptors (Lipinski definition) is 8. The minimum atomic E-state index is -1.14. The molecule has 2 aromatic heterocycles. The molecule has 0 aliphatic heterocycles. The number of rotatable bonds is 14. The van der Waals surface area contributed by atoms with Crippen molar-refractivity contribution in [3.8, 4) is 11.5 Å². The summed E-state index contributed by atoms with van der Waals surface area (Å²) in [7, 11) is 0.355. The van der Waals surface area contributed by atoms with Crippen molar-refractivity contribution in [1.82, 2.24) is 19.3 Å². The van der Waals surface area contributed by atoms with Gasteiger partial charge in [-0.2, -0.15) is 5.10 Å². The van der Waals surface area contributed by atoms with Crippen LogP contribution in [0.2, 0.25) is 0 Å². The highest BCUT2D eigenvalue weighted by Crippen LogP contribution is 2.37. The lowest BCUT2D eigenvalue weighted by Crippen LogP contribution is -2.21. The number of imidazole rings is 1. The quantitative estimate of drug-likeness (QED) is 0.212. The van der Waals surface area contributed by atoms with Gasteiger partial charge in [0.15, 0.2) is 0 Å². The number of anilines is 1. The first kappa shape index (κ1) is 30.0. The van der Waals surface area contributed by atoms with Crippen LogP contribution < -0.4 is 25.8 Å². The van der Waals surface area contributed by atoms with E-state index in [-0.39, 0.29) is 24.0 Å². The third-order valence-corrected chi connectivity index (χ3v) is 7.80. The summed E-state index contributed by atoms with van der Waals surface area (Å²) in [5.74, 6) is 0.344. The van der Waals surface area contributed by atoms with Gasteiger partial charge in [0.1, 0.15) is 29.3 Å². The van der Waals surface area contributed by atoms with E-state index < -0.39 is 14.3 Å². The number of hydrogen-bond donors (Lipinski definition) is 2. The minimum Gasteiger partial charge on any atom is -0.494 e. The molecule has 0 aliphatic carbocycles. The molecule has 4 aromatic rings. The molecule has 0 saturated heterocycles. The van der Waals surface area contributed by atoms with Crippen LogP contribution in [0.5, 0.6) is 11.5 Å². The van der Waals surface area contributed by atoms with Gasteiger partial charge in [0.2, 0.25) is 20.2 Å². The summed E-state index contributed by atoms with van der Waals surface area (Å²) in [4.78, 5) is 29.8. The number of nitrogens with two attached hydrogens (primary N) is 1. The molecule has 0 atom stereocenters. The van der Waals surface area contributed by atoms with Crippen molar-refractivity contribution < 1.29 is 28.1 Å². The van der Waals surface area contributed by atoms with Gasteiger partial charge in [0.25, 0.3) is 5.91 Å². The minimum absolute atomic E-state index is 0.243. The van der Waals surface area contributed by atoms with E-state index in [0.717, 1.165) is 11.0 Å². The predicted octanol–water partition coefficient (Wildman–Crippen LogP) is 4.01. The van der Waals surface area contributed by atoms with Crippen LogP contribution >= 0.6 is 8.38 Å². The van der Waals surface area contributed by atoms with Crippen molar-refractivity contribution in [1.29, 1.82) is 0 Å². The van der Waals surface area contributed by atoms with Crippen LogP contribution in [0.25, 0.3) is 11.0 Å². The molecule has 3 N–H and O–H groups in total. The van der Waals surface area contributed by atoms with Gasteiger partial charge in [0.05, 0.1) is 38.1 Å². The molecule has 0 unspecified atom stereocenters. The van der Waals surface area contributed by atoms with Gasteiger partial charge in [-0.05, 0) is 70.2 Å². The lowest BCUT2D eigenvalue weighted by molar-refractivity contribution is 0.0995. The summed E-state index contributed by atoms with van der Waals surface area (Å²) in [5.41, 5.74) is 7.94. The average Bonchev–Trinajstić information content (AvgIpc) is 3.52. The number of amides is 2. The molecule has 41 heavy (non-hydrogen) atoms. The maximum atomic E-state index is 13.3. The van der Waals surface area contributed by atoms with Crippen LogP contribution in [-0.4, -0.2) is 58.1 Å². The summed E-state index contributed by atoms with van der Waals surface area (Å²) >= 11 is 0. The molecule has 218 valence electrons. The van der Waals surface area contributed by atoms with E-state index in [9.17, 15) is 9.59 Å². The van der Waals surface area contributed by atoms with Gasteiger partial charge in [-0.15, -0.1) is 0 Å². The molecular weight excluding hydrogens is 547 g/mol. The first-order chi connectivity index (χ1) is 19.8. The second-order valence-electron chi connectivity index (χ2n) is 8.87. The van der Waals surface area contributed by atoms with Gasteiger partial charge in [-0.3, -0.25) is 19.6 Å². The molecule has 0 bridgehead atoms. The number of nitrogens with one attached hydrogen (secondary N) is 1. The van der Waals surface area contributed by atoms with Crippen molar-refractivity contribution in [2.45, 2.75) is 40.8 Å². The Hall–Kier alpha value is -3.99. The first-order valence-corrected chi connectivity index (χ1v) is 14.5. The number of primary amides is 1. The number of ether oxygens (including phenoxy) is 2. The van der Waals surface area contributed by atoms with Crippen LogP contribution in [0.4, 0.5) is 5.95 Å². The predicted molar refractivity (Wildman–Crippen MR) is 157 cm³/mol. The molecule has 0 aliphatic rings. The summed E-state index contributed by atoms with van der Waals surface area (Å²) in [6.45, 7) is 9.84. The Balaban J connectivity index is 1.61. The Labute approximate surface area is 239 Å². The highest BCUT2D eigenvalue weighted by atomic mass is 31.2. The number of aryl methyl sites for hydroxylation is 2. The number of benzene rings is 2. The molecular formula is C28H35N6O6P. The number of carbonyl (C=O) groups excluding carboxylic acids is 2. The summed E-state index contributed by atoms with van der Waals surface area (Å²) < 4.78 is 26.5. The lowest BCUT2D eigenvalue weighted by Gasteiger charge is -2.16. The van der Waals surface area contributed by atoms with Crippen molar-refractivity contribution in [2.24, 2.45) is 5.73 Å². The smallest absolute Gasteiger partial charge is 0.276 e. The van der Waals surface area contributed by atoms with Crippen LogP contribution in [0.15, 0.2) is 42.5 Å². The first-order valence-electron chi connectivity index (χ1n) is 13.3. The number of fused-ring (bicyclic) bond motifs is 1. The molecule has 2 amide bonds. The third-order valence-electron chi connectivity index (χ3n) is 6.09. The zero-order chi connectivity index (χ0) is 29.5. The van der Waals surface area contributed by atoms with Gasteiger partial charge >= 0.3 is 0 Å². The Kier molecular flexibility index (Phi) is 9.93. The zero-order valence-corrected chi connectivity index (χ0v) is 24.7. The van der Waals surface area contributed by atoms with E-state index in [1.165, 1.54) is 7.11 Å². The van der Waals surface area contributed by atoms with Gasteiger partial charge in [0, 0.05) is 17.4 Å². The molecule has 0 saturated carbocycles. The van der Waals surface area contributed by atoms with Crippen molar-refractivity contribution >= 4 is 42.5 Å². The second-order valence-corrected chi connectivity index (χ2v) is 10.4.